The lowest BCUT2D eigenvalue weighted by atomic mass is 9.87. The molecule has 2 aromatic rings. The minimum absolute atomic E-state index is 0.285. The van der Waals surface area contributed by atoms with Gasteiger partial charge in [-0.3, -0.25) is 4.90 Å². The molecule has 1 fully saturated rings. The van der Waals surface area contributed by atoms with Gasteiger partial charge in [0.2, 0.25) is 11.9 Å². The molecular weight excluding hydrogens is 340 g/mol. The van der Waals surface area contributed by atoms with Crippen LogP contribution < -0.4 is 16.4 Å². The normalized spacial score (nSPS) is 19.4. The third-order valence-corrected chi connectivity index (χ3v) is 5.72. The molecule has 0 saturated heterocycles. The molecule has 4 N–H and O–H groups in total. The van der Waals surface area contributed by atoms with E-state index in [0.717, 1.165) is 37.9 Å². The fraction of sp³-hybridized carbons (Fsp3) is 0.500. The minimum Gasteiger partial charge on any atom is -0.383 e. The Labute approximate surface area is 159 Å². The van der Waals surface area contributed by atoms with Crippen LogP contribution in [-0.4, -0.2) is 35.9 Å². The van der Waals surface area contributed by atoms with Crippen LogP contribution in [0, 0.1) is 6.92 Å². The zero-order valence-electron chi connectivity index (χ0n) is 16.1. The van der Waals surface area contributed by atoms with Crippen molar-refractivity contribution in [3.8, 4) is 0 Å². The van der Waals surface area contributed by atoms with Gasteiger partial charge in [-0.2, -0.15) is 4.99 Å². The first-order chi connectivity index (χ1) is 13.0. The van der Waals surface area contributed by atoms with Gasteiger partial charge in [0.05, 0.1) is 6.61 Å². The van der Waals surface area contributed by atoms with Crippen LogP contribution >= 0.6 is 0 Å². The summed E-state index contributed by atoms with van der Waals surface area (Å²) in [6, 6.07) is 8.65. The van der Waals surface area contributed by atoms with E-state index in [-0.39, 0.29) is 5.96 Å². The van der Waals surface area contributed by atoms with Gasteiger partial charge in [-0.25, -0.2) is 4.99 Å². The van der Waals surface area contributed by atoms with Crippen LogP contribution in [0.2, 0.25) is 0 Å². The van der Waals surface area contributed by atoms with Gasteiger partial charge in [-0.05, 0) is 56.9 Å². The molecule has 1 aliphatic carbocycles. The molecule has 7 heteroatoms. The van der Waals surface area contributed by atoms with Crippen molar-refractivity contribution in [1.29, 1.82) is 0 Å². The van der Waals surface area contributed by atoms with Gasteiger partial charge in [-0.1, -0.05) is 6.42 Å². The molecule has 4 rings (SSSR count). The standard InChI is InChI=1S/C20H28N6O/c1-14-12-15-13-16(6-7-17(15)25(14)10-11-27-2)26-19(22)23-18(21)24-20(26)8-4-3-5-9-20/h6-7,12-13H,3-5,8-11H2,1-2H3,(H4,21,22,23,24). The van der Waals surface area contributed by atoms with Crippen molar-refractivity contribution in [3.63, 3.8) is 0 Å². The lowest BCUT2D eigenvalue weighted by molar-refractivity contribution is 0.188. The van der Waals surface area contributed by atoms with E-state index < -0.39 is 5.66 Å². The third kappa shape index (κ3) is 3.06. The van der Waals surface area contributed by atoms with Gasteiger partial charge in [0.25, 0.3) is 0 Å². The highest BCUT2D eigenvalue weighted by atomic mass is 16.5. The smallest absolute Gasteiger partial charge is 0.220 e. The largest absolute Gasteiger partial charge is 0.383 e. The molecule has 0 unspecified atom stereocenters. The van der Waals surface area contributed by atoms with Crippen molar-refractivity contribution in [1.82, 2.24) is 4.57 Å². The third-order valence-electron chi connectivity index (χ3n) is 5.72. The van der Waals surface area contributed by atoms with Crippen LogP contribution in [0.3, 0.4) is 0 Å². The quantitative estimate of drug-likeness (QED) is 0.867. The van der Waals surface area contributed by atoms with Crippen molar-refractivity contribution in [3.05, 3.63) is 30.0 Å². The highest BCUT2D eigenvalue weighted by Gasteiger charge is 2.42. The molecule has 0 atom stereocenters. The highest BCUT2D eigenvalue weighted by molar-refractivity contribution is 6.06. The van der Waals surface area contributed by atoms with Crippen LogP contribution in [0.4, 0.5) is 5.69 Å². The molecule has 27 heavy (non-hydrogen) atoms. The Bertz CT molecular complexity index is 907. The molecule has 0 amide bonds. The summed E-state index contributed by atoms with van der Waals surface area (Å²) in [4.78, 5) is 11.1. The predicted molar refractivity (Wildman–Crippen MR) is 110 cm³/mol. The summed E-state index contributed by atoms with van der Waals surface area (Å²) in [5.74, 6) is 0.715. The summed E-state index contributed by atoms with van der Waals surface area (Å²) in [6.45, 7) is 3.65. The molecule has 1 aromatic heterocycles. The first-order valence-corrected chi connectivity index (χ1v) is 9.63. The van der Waals surface area contributed by atoms with E-state index in [1.54, 1.807) is 7.11 Å². The minimum atomic E-state index is -0.407. The second kappa shape index (κ2) is 6.88. The van der Waals surface area contributed by atoms with E-state index in [1.807, 2.05) is 0 Å². The monoisotopic (exact) mass is 368 g/mol. The number of aryl methyl sites for hydroxylation is 1. The molecule has 144 valence electrons. The van der Waals surface area contributed by atoms with E-state index in [9.17, 15) is 0 Å². The first kappa shape index (κ1) is 17.9. The van der Waals surface area contributed by atoms with Gasteiger partial charge < -0.3 is 20.8 Å². The fourth-order valence-electron chi connectivity index (χ4n) is 4.51. The summed E-state index contributed by atoms with van der Waals surface area (Å²) >= 11 is 0. The maximum atomic E-state index is 6.35. The topological polar surface area (TPSA) is 94.2 Å². The van der Waals surface area contributed by atoms with Crippen LogP contribution in [0.5, 0.6) is 0 Å². The van der Waals surface area contributed by atoms with Crippen molar-refractivity contribution >= 4 is 28.5 Å². The Kier molecular flexibility index (Phi) is 4.55. The molecule has 1 spiro atoms. The van der Waals surface area contributed by atoms with E-state index in [2.05, 4.69) is 45.6 Å². The van der Waals surface area contributed by atoms with Crippen LogP contribution in [-0.2, 0) is 11.3 Å². The number of hydrogen-bond acceptors (Lipinski definition) is 6. The Morgan fingerprint density at radius 1 is 1.15 bits per heavy atom. The fourth-order valence-corrected chi connectivity index (χ4v) is 4.51. The van der Waals surface area contributed by atoms with Gasteiger partial charge in [0.1, 0.15) is 5.66 Å². The number of nitrogens with two attached hydrogens (primary N) is 2. The number of aromatic nitrogens is 1. The van der Waals surface area contributed by atoms with Crippen molar-refractivity contribution in [2.24, 2.45) is 21.5 Å². The molecule has 0 bridgehead atoms. The van der Waals surface area contributed by atoms with Gasteiger partial charge >= 0.3 is 0 Å². The molecule has 1 aromatic carbocycles. The number of methoxy groups -OCH3 is 1. The molecule has 2 aliphatic rings. The van der Waals surface area contributed by atoms with Gasteiger partial charge in [0.15, 0.2) is 0 Å². The molecule has 7 nitrogen and oxygen atoms in total. The van der Waals surface area contributed by atoms with E-state index in [4.69, 9.17) is 21.2 Å². The van der Waals surface area contributed by atoms with E-state index in [1.165, 1.54) is 23.0 Å². The molecular formula is C20H28N6O. The van der Waals surface area contributed by atoms with E-state index >= 15 is 0 Å². The van der Waals surface area contributed by atoms with Crippen molar-refractivity contribution in [2.75, 3.05) is 18.6 Å². The zero-order chi connectivity index (χ0) is 19.0. The van der Waals surface area contributed by atoms with Crippen LogP contribution in [0.1, 0.15) is 37.8 Å². The summed E-state index contributed by atoms with van der Waals surface area (Å²) in [7, 11) is 1.73. The average Bonchev–Trinajstić information content (AvgIpc) is 2.94. The van der Waals surface area contributed by atoms with Crippen molar-refractivity contribution in [2.45, 2.75) is 51.2 Å². The first-order valence-electron chi connectivity index (χ1n) is 9.63. The second-order valence-electron chi connectivity index (χ2n) is 7.49. The summed E-state index contributed by atoms with van der Waals surface area (Å²) in [5.41, 5.74) is 15.3. The SMILES string of the molecule is COCCn1c(C)cc2cc(N3C(N)=NC(N)=NC34CCCCC4)ccc21. The highest BCUT2D eigenvalue weighted by Crippen LogP contribution is 2.40. The lowest BCUT2D eigenvalue weighted by Gasteiger charge is -2.45. The zero-order valence-corrected chi connectivity index (χ0v) is 16.1. The second-order valence-corrected chi connectivity index (χ2v) is 7.49. The van der Waals surface area contributed by atoms with Crippen LogP contribution in [0.15, 0.2) is 34.3 Å². The molecule has 0 radical (unpaired) electrons. The lowest BCUT2D eigenvalue weighted by Crippen LogP contribution is -2.58. The maximum absolute atomic E-state index is 6.35. The number of hydrogen-bond donors (Lipinski definition) is 2. The van der Waals surface area contributed by atoms with Crippen molar-refractivity contribution < 1.29 is 4.74 Å². The Morgan fingerprint density at radius 3 is 2.67 bits per heavy atom. The summed E-state index contributed by atoms with van der Waals surface area (Å²) in [5, 5.41) is 1.18. The predicted octanol–water partition coefficient (Wildman–Crippen LogP) is 2.71. The Balaban J connectivity index is 1.77. The molecule has 1 aliphatic heterocycles. The average molecular weight is 368 g/mol. The van der Waals surface area contributed by atoms with E-state index in [0.29, 0.717) is 12.6 Å². The summed E-state index contributed by atoms with van der Waals surface area (Å²) in [6.07, 6.45) is 5.35. The molecule has 1 saturated carbocycles. The summed E-state index contributed by atoms with van der Waals surface area (Å²) < 4.78 is 7.53. The number of rotatable bonds is 4. The van der Waals surface area contributed by atoms with Gasteiger partial charge in [-0.15, -0.1) is 0 Å². The molecule has 2 heterocycles. The number of nitrogens with zero attached hydrogens (tertiary/aromatic N) is 4. The number of guanidine groups is 2. The Morgan fingerprint density at radius 2 is 1.93 bits per heavy atom. The number of anilines is 1. The number of benzene rings is 1. The maximum Gasteiger partial charge on any atom is 0.220 e. The number of aliphatic imine (C=N–C) groups is 2. The Hall–Kier alpha value is -2.54. The number of fused-ring (bicyclic) bond motifs is 1. The van der Waals surface area contributed by atoms with Gasteiger partial charge in [0, 0.05) is 35.9 Å². The number of ether oxygens (including phenoxy) is 1. The van der Waals surface area contributed by atoms with Crippen LogP contribution in [0.25, 0.3) is 10.9 Å².